The first-order valence-electron chi connectivity index (χ1n) is 5.50. The van der Waals surface area contributed by atoms with Crippen LogP contribution < -0.4 is 0 Å². The molecule has 0 aromatic carbocycles. The molecule has 0 aromatic rings. The molecule has 3 heteroatoms. The molecule has 0 spiro atoms. The van der Waals surface area contributed by atoms with E-state index in [1.165, 1.54) is 19.3 Å². The van der Waals surface area contributed by atoms with E-state index in [-0.39, 0.29) is 6.61 Å². The van der Waals surface area contributed by atoms with Crippen molar-refractivity contribution < 1.29 is 14.3 Å². The fourth-order valence-corrected chi connectivity index (χ4v) is 0.980. The summed E-state index contributed by atoms with van der Waals surface area (Å²) in [6.07, 6.45) is 7.72. The van der Waals surface area contributed by atoms with Crippen LogP contribution in [0.25, 0.3) is 0 Å². The lowest BCUT2D eigenvalue weighted by Crippen LogP contribution is -2.06. The minimum absolute atomic E-state index is 0.225. The monoisotopic (exact) mass is 212 g/mol. The maximum Gasteiger partial charge on any atom is 0.508 e. The van der Waals surface area contributed by atoms with Crippen molar-refractivity contribution in [1.82, 2.24) is 0 Å². The van der Waals surface area contributed by atoms with Gasteiger partial charge in [0.1, 0.15) is 6.61 Å². The van der Waals surface area contributed by atoms with Crippen LogP contribution in [0.1, 0.15) is 39.5 Å². The van der Waals surface area contributed by atoms with E-state index >= 15 is 0 Å². The molecular formula is C12H20O3. The zero-order valence-corrected chi connectivity index (χ0v) is 9.62. The van der Waals surface area contributed by atoms with Gasteiger partial charge in [0.15, 0.2) is 0 Å². The van der Waals surface area contributed by atoms with Gasteiger partial charge in [0.2, 0.25) is 0 Å². The first-order chi connectivity index (χ1) is 7.31. The standard InChI is InChI=1S/C12H20O3/c1-3-5-6-7-8-9-10-11-15-12(13)14-4-2/h8,10H,3-7,11H2,1-2H3. The lowest BCUT2D eigenvalue weighted by molar-refractivity contribution is 0.0673. The third-order valence-corrected chi connectivity index (χ3v) is 1.73. The molecule has 0 fully saturated rings. The summed E-state index contributed by atoms with van der Waals surface area (Å²) in [6, 6.07) is 0. The molecule has 86 valence electrons. The van der Waals surface area contributed by atoms with E-state index in [2.05, 4.69) is 17.4 Å². The molecule has 15 heavy (non-hydrogen) atoms. The molecule has 0 saturated heterocycles. The Bertz CT molecular complexity index is 215. The minimum atomic E-state index is -0.624. The van der Waals surface area contributed by atoms with Gasteiger partial charge in [-0.05, 0) is 31.9 Å². The highest BCUT2D eigenvalue weighted by molar-refractivity contribution is 5.59. The summed E-state index contributed by atoms with van der Waals surface area (Å²) in [5, 5.41) is 0. The van der Waals surface area contributed by atoms with Crippen LogP contribution in [0, 0.1) is 0 Å². The Hall–Kier alpha value is -1.21. The second-order valence-electron chi connectivity index (χ2n) is 3.06. The van der Waals surface area contributed by atoms with Gasteiger partial charge in [0, 0.05) is 0 Å². The average molecular weight is 212 g/mol. The minimum Gasteiger partial charge on any atom is -0.435 e. The Morgan fingerprint density at radius 1 is 1.20 bits per heavy atom. The zero-order valence-electron chi connectivity index (χ0n) is 9.62. The van der Waals surface area contributed by atoms with Gasteiger partial charge in [-0.3, -0.25) is 0 Å². The van der Waals surface area contributed by atoms with Crippen molar-refractivity contribution in [3.05, 3.63) is 17.9 Å². The molecule has 3 nitrogen and oxygen atoms in total. The van der Waals surface area contributed by atoms with E-state index in [1.54, 1.807) is 13.0 Å². The van der Waals surface area contributed by atoms with Crippen molar-refractivity contribution in [2.45, 2.75) is 39.5 Å². The first kappa shape index (κ1) is 13.8. The number of carbonyl (C=O) groups excluding carboxylic acids is 1. The first-order valence-corrected chi connectivity index (χ1v) is 5.50. The van der Waals surface area contributed by atoms with Gasteiger partial charge in [-0.1, -0.05) is 19.8 Å². The highest BCUT2D eigenvalue weighted by Crippen LogP contribution is 1.98. The van der Waals surface area contributed by atoms with Crippen LogP contribution in [0.2, 0.25) is 0 Å². The van der Waals surface area contributed by atoms with Crippen molar-refractivity contribution in [2.75, 3.05) is 13.2 Å². The Morgan fingerprint density at radius 3 is 2.67 bits per heavy atom. The normalized spacial score (nSPS) is 8.93. The van der Waals surface area contributed by atoms with Crippen LogP contribution in [0.4, 0.5) is 4.79 Å². The molecule has 0 heterocycles. The fourth-order valence-electron chi connectivity index (χ4n) is 0.980. The molecule has 0 saturated carbocycles. The van der Waals surface area contributed by atoms with Crippen LogP contribution in [-0.2, 0) is 9.47 Å². The van der Waals surface area contributed by atoms with Gasteiger partial charge >= 0.3 is 6.16 Å². The lowest BCUT2D eigenvalue weighted by atomic mass is 10.2. The van der Waals surface area contributed by atoms with Crippen molar-refractivity contribution in [3.8, 4) is 0 Å². The summed E-state index contributed by atoms with van der Waals surface area (Å²) in [5.41, 5.74) is 2.96. The van der Waals surface area contributed by atoms with Gasteiger partial charge in [0.25, 0.3) is 0 Å². The summed E-state index contributed by atoms with van der Waals surface area (Å²) in [4.78, 5) is 10.7. The molecular weight excluding hydrogens is 192 g/mol. The molecule has 0 bridgehead atoms. The van der Waals surface area contributed by atoms with Gasteiger partial charge in [0.05, 0.1) is 6.61 Å². The van der Waals surface area contributed by atoms with Crippen molar-refractivity contribution in [3.63, 3.8) is 0 Å². The highest BCUT2D eigenvalue weighted by Gasteiger charge is 1.97. The third-order valence-electron chi connectivity index (χ3n) is 1.73. The van der Waals surface area contributed by atoms with E-state index in [0.717, 1.165) is 6.42 Å². The SMILES string of the molecule is CCCCCC=C=CCOC(=O)OCC. The zero-order chi connectivity index (χ0) is 11.4. The van der Waals surface area contributed by atoms with Crippen molar-refractivity contribution in [1.29, 1.82) is 0 Å². The van der Waals surface area contributed by atoms with Crippen molar-refractivity contribution >= 4 is 6.16 Å². The van der Waals surface area contributed by atoms with Crippen LogP contribution in [0.3, 0.4) is 0 Å². The number of rotatable bonds is 7. The lowest BCUT2D eigenvalue weighted by Gasteiger charge is -1.99. The molecule has 0 rings (SSSR count). The van der Waals surface area contributed by atoms with Gasteiger partial charge in [-0.2, -0.15) is 0 Å². The van der Waals surface area contributed by atoms with E-state index < -0.39 is 6.16 Å². The van der Waals surface area contributed by atoms with Crippen LogP contribution >= 0.6 is 0 Å². The van der Waals surface area contributed by atoms with Crippen LogP contribution in [0.5, 0.6) is 0 Å². The summed E-state index contributed by atoms with van der Waals surface area (Å²) in [5.74, 6) is 0. The molecule has 0 aliphatic heterocycles. The molecule has 0 radical (unpaired) electrons. The fraction of sp³-hybridized carbons (Fsp3) is 0.667. The average Bonchev–Trinajstić information content (AvgIpc) is 2.22. The summed E-state index contributed by atoms with van der Waals surface area (Å²) in [6.45, 7) is 4.48. The number of ether oxygens (including phenoxy) is 2. The Morgan fingerprint density at radius 2 is 2.00 bits per heavy atom. The summed E-state index contributed by atoms with van der Waals surface area (Å²) in [7, 11) is 0. The maximum atomic E-state index is 10.7. The van der Waals surface area contributed by atoms with E-state index in [4.69, 9.17) is 4.74 Å². The Balaban J connectivity index is 3.40. The smallest absolute Gasteiger partial charge is 0.435 e. The molecule has 0 atom stereocenters. The maximum absolute atomic E-state index is 10.7. The van der Waals surface area contributed by atoms with Crippen molar-refractivity contribution in [2.24, 2.45) is 0 Å². The molecule has 0 amide bonds. The largest absolute Gasteiger partial charge is 0.508 e. The van der Waals surface area contributed by atoms with Gasteiger partial charge < -0.3 is 9.47 Å². The van der Waals surface area contributed by atoms with E-state index in [9.17, 15) is 4.79 Å². The second-order valence-corrected chi connectivity index (χ2v) is 3.06. The number of carbonyl (C=O) groups is 1. The number of unbranched alkanes of at least 4 members (excludes halogenated alkanes) is 3. The number of hydrogen-bond donors (Lipinski definition) is 0. The predicted molar refractivity (Wildman–Crippen MR) is 59.8 cm³/mol. The highest BCUT2D eigenvalue weighted by atomic mass is 16.7. The predicted octanol–water partition coefficient (Wildman–Crippen LogP) is 3.45. The van der Waals surface area contributed by atoms with Crippen LogP contribution in [-0.4, -0.2) is 19.4 Å². The van der Waals surface area contributed by atoms with E-state index in [1.807, 2.05) is 6.08 Å². The molecule has 0 aliphatic rings. The van der Waals surface area contributed by atoms with Crippen LogP contribution in [0.15, 0.2) is 17.9 Å². The van der Waals surface area contributed by atoms with Gasteiger partial charge in [-0.15, -0.1) is 5.73 Å². The molecule has 0 aromatic heterocycles. The van der Waals surface area contributed by atoms with Gasteiger partial charge in [-0.25, -0.2) is 4.79 Å². The number of hydrogen-bond acceptors (Lipinski definition) is 3. The van der Waals surface area contributed by atoms with E-state index in [0.29, 0.717) is 6.61 Å². The molecule has 0 unspecified atom stereocenters. The Labute approximate surface area is 91.8 Å². The molecule has 0 aliphatic carbocycles. The topological polar surface area (TPSA) is 35.5 Å². The summed E-state index contributed by atoms with van der Waals surface area (Å²) >= 11 is 0. The third kappa shape index (κ3) is 10.7. The quantitative estimate of drug-likeness (QED) is 0.368. The molecule has 0 N–H and O–H groups in total. The Kier molecular flexibility index (Phi) is 9.99. The summed E-state index contributed by atoms with van der Waals surface area (Å²) < 4.78 is 9.29. The second kappa shape index (κ2) is 10.9.